The Morgan fingerprint density at radius 3 is 2.55 bits per heavy atom. The third kappa shape index (κ3) is 2.48. The number of rotatable bonds is 3. The summed E-state index contributed by atoms with van der Waals surface area (Å²) >= 11 is 5.84. The molecule has 3 rings (SSSR count). The second-order valence-corrected chi connectivity index (χ2v) is 6.29. The first-order valence-electron chi connectivity index (χ1n) is 5.77. The summed E-state index contributed by atoms with van der Waals surface area (Å²) in [6.45, 7) is 0. The van der Waals surface area contributed by atoms with Gasteiger partial charge in [0.05, 0.1) is 10.7 Å². The Morgan fingerprint density at radius 1 is 1.09 bits per heavy atom. The van der Waals surface area contributed by atoms with E-state index in [9.17, 15) is 17.2 Å². The fourth-order valence-corrected chi connectivity index (χ4v) is 3.19. The number of aromatic nitrogens is 2. The lowest BCUT2D eigenvalue weighted by molar-refractivity contribution is 0.315. The van der Waals surface area contributed by atoms with Crippen molar-refractivity contribution in [1.29, 1.82) is 0 Å². The van der Waals surface area contributed by atoms with Crippen molar-refractivity contribution in [2.75, 3.05) is 4.72 Å². The maximum absolute atomic E-state index is 13.6. The second-order valence-electron chi connectivity index (χ2n) is 4.24. The largest absolute Gasteiger partial charge is 0.277 e. The first-order valence-corrected chi connectivity index (χ1v) is 7.63. The minimum atomic E-state index is -4.20. The minimum Gasteiger partial charge on any atom is -0.277 e. The number of halogens is 3. The summed E-state index contributed by atoms with van der Waals surface area (Å²) in [5.74, 6) is -1.87. The van der Waals surface area contributed by atoms with Gasteiger partial charge in [0.25, 0.3) is 10.0 Å². The van der Waals surface area contributed by atoms with Crippen molar-refractivity contribution in [3.63, 3.8) is 0 Å². The van der Waals surface area contributed by atoms with E-state index in [-0.39, 0.29) is 21.0 Å². The van der Waals surface area contributed by atoms with Crippen LogP contribution in [0.15, 0.2) is 39.9 Å². The van der Waals surface area contributed by atoms with Gasteiger partial charge in [0.1, 0.15) is 16.5 Å². The molecular weight excluding hydrogens is 340 g/mol. The topological polar surface area (TPSA) is 85.1 Å². The van der Waals surface area contributed by atoms with E-state index in [1.54, 1.807) is 0 Å². The van der Waals surface area contributed by atoms with Gasteiger partial charge in [0, 0.05) is 6.07 Å². The minimum absolute atomic E-state index is 0.0594. The highest BCUT2D eigenvalue weighted by molar-refractivity contribution is 7.93. The number of benzene rings is 2. The molecule has 1 heterocycles. The van der Waals surface area contributed by atoms with Crippen LogP contribution in [-0.2, 0) is 10.0 Å². The third-order valence-corrected chi connectivity index (χ3v) is 4.50. The standard InChI is InChI=1S/C12H6ClF2N3O3S/c13-7-2-4-10(12-11(7)16-21-17-12)22(19,20)18-9-3-1-6(14)5-8(9)15/h1-5,18H. The summed E-state index contributed by atoms with van der Waals surface area (Å²) in [7, 11) is -4.20. The molecule has 0 atom stereocenters. The molecule has 3 aromatic rings. The average molecular weight is 346 g/mol. The van der Waals surface area contributed by atoms with E-state index in [4.69, 9.17) is 11.6 Å². The fourth-order valence-electron chi connectivity index (χ4n) is 1.80. The van der Waals surface area contributed by atoms with Crippen molar-refractivity contribution in [3.05, 3.63) is 47.0 Å². The number of nitrogens with one attached hydrogen (secondary N) is 1. The van der Waals surface area contributed by atoms with E-state index in [1.165, 1.54) is 12.1 Å². The molecule has 114 valence electrons. The van der Waals surface area contributed by atoms with Crippen molar-refractivity contribution in [2.45, 2.75) is 4.90 Å². The molecule has 0 radical (unpaired) electrons. The van der Waals surface area contributed by atoms with Gasteiger partial charge in [-0.25, -0.2) is 21.8 Å². The molecule has 2 aromatic carbocycles. The normalized spacial score (nSPS) is 11.8. The summed E-state index contributed by atoms with van der Waals surface area (Å²) in [4.78, 5) is -0.295. The summed E-state index contributed by atoms with van der Waals surface area (Å²) in [5, 5.41) is 7.13. The molecule has 0 saturated heterocycles. The molecule has 0 saturated carbocycles. The molecule has 10 heteroatoms. The Balaban J connectivity index is 2.09. The van der Waals surface area contributed by atoms with Gasteiger partial charge in [-0.2, -0.15) is 0 Å². The van der Waals surface area contributed by atoms with Crippen LogP contribution in [0.4, 0.5) is 14.5 Å². The van der Waals surface area contributed by atoms with Crippen molar-refractivity contribution in [2.24, 2.45) is 0 Å². The molecule has 0 aliphatic carbocycles. The molecular formula is C12H6ClF2N3O3S. The van der Waals surface area contributed by atoms with Crippen LogP contribution in [0.2, 0.25) is 5.02 Å². The Hall–Kier alpha value is -2.26. The van der Waals surface area contributed by atoms with E-state index in [0.717, 1.165) is 12.1 Å². The molecule has 0 spiro atoms. The van der Waals surface area contributed by atoms with Gasteiger partial charge in [-0.3, -0.25) is 4.72 Å². The highest BCUT2D eigenvalue weighted by Crippen LogP contribution is 2.28. The van der Waals surface area contributed by atoms with E-state index >= 15 is 0 Å². The number of anilines is 1. The van der Waals surface area contributed by atoms with Gasteiger partial charge in [-0.05, 0) is 34.6 Å². The van der Waals surface area contributed by atoms with Crippen LogP contribution in [0.3, 0.4) is 0 Å². The van der Waals surface area contributed by atoms with Gasteiger partial charge in [0.2, 0.25) is 0 Å². The number of sulfonamides is 1. The van der Waals surface area contributed by atoms with Crippen LogP contribution < -0.4 is 4.72 Å². The van der Waals surface area contributed by atoms with Gasteiger partial charge in [0.15, 0.2) is 11.0 Å². The SMILES string of the molecule is O=S(=O)(Nc1ccc(F)cc1F)c1ccc(Cl)c2nonc12. The lowest BCUT2D eigenvalue weighted by atomic mass is 10.3. The zero-order valence-corrected chi connectivity index (χ0v) is 12.1. The number of hydrogen-bond donors (Lipinski definition) is 1. The lowest BCUT2D eigenvalue weighted by Gasteiger charge is -2.09. The molecule has 1 aromatic heterocycles. The summed E-state index contributed by atoms with van der Waals surface area (Å²) in [6, 6.07) is 4.93. The van der Waals surface area contributed by atoms with Gasteiger partial charge in [-0.1, -0.05) is 11.6 Å². The van der Waals surface area contributed by atoms with E-state index in [1.807, 2.05) is 4.72 Å². The fraction of sp³-hybridized carbons (Fsp3) is 0. The Morgan fingerprint density at radius 2 is 1.82 bits per heavy atom. The van der Waals surface area contributed by atoms with Crippen molar-refractivity contribution >= 4 is 38.3 Å². The zero-order valence-electron chi connectivity index (χ0n) is 10.5. The van der Waals surface area contributed by atoms with Crippen molar-refractivity contribution in [1.82, 2.24) is 10.3 Å². The molecule has 0 aliphatic heterocycles. The first kappa shape index (κ1) is 14.7. The monoisotopic (exact) mass is 345 g/mol. The second kappa shape index (κ2) is 5.18. The highest BCUT2D eigenvalue weighted by atomic mass is 35.5. The summed E-state index contributed by atoms with van der Waals surface area (Å²) < 4.78 is 57.6. The first-order chi connectivity index (χ1) is 10.4. The maximum atomic E-state index is 13.6. The molecule has 0 aliphatic rings. The van der Waals surface area contributed by atoms with Crippen LogP contribution in [0.5, 0.6) is 0 Å². The maximum Gasteiger partial charge on any atom is 0.264 e. The molecule has 1 N–H and O–H groups in total. The van der Waals surface area contributed by atoms with Crippen LogP contribution >= 0.6 is 11.6 Å². The Kier molecular flexibility index (Phi) is 3.45. The molecule has 22 heavy (non-hydrogen) atoms. The summed E-state index contributed by atoms with van der Waals surface area (Å²) in [6.07, 6.45) is 0. The van der Waals surface area contributed by atoms with E-state index in [0.29, 0.717) is 6.07 Å². The van der Waals surface area contributed by atoms with Crippen molar-refractivity contribution in [3.8, 4) is 0 Å². The average Bonchev–Trinajstić information content (AvgIpc) is 2.92. The van der Waals surface area contributed by atoms with Crippen molar-refractivity contribution < 1.29 is 21.8 Å². The van der Waals surface area contributed by atoms with Gasteiger partial charge < -0.3 is 0 Å². The molecule has 0 unspecified atom stereocenters. The predicted octanol–water partition coefficient (Wildman–Crippen LogP) is 2.96. The third-order valence-electron chi connectivity index (χ3n) is 2.79. The van der Waals surface area contributed by atoms with Crippen LogP contribution in [0.1, 0.15) is 0 Å². The molecule has 0 fully saturated rings. The molecule has 0 amide bonds. The molecule has 6 nitrogen and oxygen atoms in total. The molecule has 0 bridgehead atoms. The smallest absolute Gasteiger partial charge is 0.264 e. The number of fused-ring (bicyclic) bond motifs is 1. The van der Waals surface area contributed by atoms with E-state index in [2.05, 4.69) is 14.9 Å². The van der Waals surface area contributed by atoms with Gasteiger partial charge >= 0.3 is 0 Å². The summed E-state index contributed by atoms with van der Waals surface area (Å²) in [5.41, 5.74) is -0.437. The lowest BCUT2D eigenvalue weighted by Crippen LogP contribution is -2.14. The van der Waals surface area contributed by atoms with Crippen LogP contribution in [0.25, 0.3) is 11.0 Å². The predicted molar refractivity (Wildman–Crippen MR) is 74.0 cm³/mol. The van der Waals surface area contributed by atoms with Crippen LogP contribution in [0, 0.1) is 11.6 Å². The Bertz CT molecular complexity index is 975. The number of nitrogens with zero attached hydrogens (tertiary/aromatic N) is 2. The van der Waals surface area contributed by atoms with Crippen LogP contribution in [-0.4, -0.2) is 18.7 Å². The quantitative estimate of drug-likeness (QED) is 0.788. The van der Waals surface area contributed by atoms with Gasteiger partial charge in [-0.15, -0.1) is 0 Å². The number of hydrogen-bond acceptors (Lipinski definition) is 5. The zero-order chi connectivity index (χ0) is 15.9. The highest BCUT2D eigenvalue weighted by Gasteiger charge is 2.23. The Labute approximate surface area is 127 Å². The van der Waals surface area contributed by atoms with E-state index < -0.39 is 27.3 Å².